The monoisotopic (exact) mass is 224 g/mol. The highest BCUT2D eigenvalue weighted by Crippen LogP contribution is 2.32. The van der Waals surface area contributed by atoms with E-state index in [1.807, 2.05) is 13.8 Å². The first-order valence-corrected chi connectivity index (χ1v) is 4.32. The molecule has 0 aromatic carbocycles. The number of anilines is 1. The van der Waals surface area contributed by atoms with Crippen LogP contribution in [0.2, 0.25) is 0 Å². The van der Waals surface area contributed by atoms with E-state index in [9.17, 15) is 17.6 Å². The molecule has 2 nitrogen and oxygen atoms in total. The van der Waals surface area contributed by atoms with Crippen molar-refractivity contribution in [3.05, 3.63) is 23.1 Å². The Morgan fingerprint density at radius 2 is 1.73 bits per heavy atom. The Bertz CT molecular complexity index is 334. The number of alkyl halides is 3. The van der Waals surface area contributed by atoms with Crippen LogP contribution in [0.15, 0.2) is 6.07 Å². The summed E-state index contributed by atoms with van der Waals surface area (Å²) in [4.78, 5) is 3.35. The van der Waals surface area contributed by atoms with E-state index >= 15 is 0 Å². The number of rotatable bonds is 0. The van der Waals surface area contributed by atoms with Crippen LogP contribution in [0.5, 0.6) is 0 Å². The van der Waals surface area contributed by atoms with Crippen molar-refractivity contribution in [3.63, 3.8) is 0 Å². The SMILES string of the molecule is CC.Cc1nc(N)cc(C(F)(F)F)c1F. The molecule has 0 saturated heterocycles. The van der Waals surface area contributed by atoms with Crippen molar-refractivity contribution in [3.8, 4) is 0 Å². The summed E-state index contributed by atoms with van der Waals surface area (Å²) in [6.45, 7) is 5.13. The number of aryl methyl sites for hydroxylation is 1. The predicted octanol–water partition coefficient (Wildman–Crippen LogP) is 3.16. The number of aromatic nitrogens is 1. The third kappa shape index (κ3) is 3.38. The van der Waals surface area contributed by atoms with Crippen LogP contribution in [0.25, 0.3) is 0 Å². The second-order valence-corrected chi connectivity index (χ2v) is 2.49. The highest BCUT2D eigenvalue weighted by Gasteiger charge is 2.35. The fraction of sp³-hybridized carbons (Fsp3) is 0.444. The summed E-state index contributed by atoms with van der Waals surface area (Å²) in [5.41, 5.74) is 3.32. The number of nitrogens with zero attached hydrogens (tertiary/aromatic N) is 1. The van der Waals surface area contributed by atoms with Gasteiger partial charge in [-0.2, -0.15) is 13.2 Å². The van der Waals surface area contributed by atoms with Crippen LogP contribution in [-0.4, -0.2) is 4.98 Å². The molecular weight excluding hydrogens is 212 g/mol. The number of pyridine rings is 1. The third-order valence-corrected chi connectivity index (χ3v) is 1.45. The molecular formula is C9H12F4N2. The minimum Gasteiger partial charge on any atom is -0.384 e. The molecule has 0 fully saturated rings. The lowest BCUT2D eigenvalue weighted by Gasteiger charge is -2.09. The van der Waals surface area contributed by atoms with E-state index in [0.29, 0.717) is 6.07 Å². The first-order valence-electron chi connectivity index (χ1n) is 4.32. The molecule has 1 heterocycles. The molecule has 0 aliphatic heterocycles. The Morgan fingerprint density at radius 1 is 1.27 bits per heavy atom. The molecule has 0 aliphatic rings. The van der Waals surface area contributed by atoms with E-state index in [4.69, 9.17) is 5.73 Å². The summed E-state index contributed by atoms with van der Waals surface area (Å²) in [6.07, 6.45) is -4.73. The molecule has 0 atom stereocenters. The van der Waals surface area contributed by atoms with Gasteiger partial charge in [0.2, 0.25) is 0 Å². The van der Waals surface area contributed by atoms with E-state index in [2.05, 4.69) is 4.98 Å². The van der Waals surface area contributed by atoms with Crippen LogP contribution >= 0.6 is 0 Å². The molecule has 0 saturated carbocycles. The van der Waals surface area contributed by atoms with Gasteiger partial charge >= 0.3 is 6.18 Å². The zero-order valence-corrected chi connectivity index (χ0v) is 8.61. The molecule has 2 N–H and O–H groups in total. The molecule has 1 aromatic heterocycles. The Kier molecular flexibility index (Phi) is 4.51. The summed E-state index contributed by atoms with van der Waals surface area (Å²) in [7, 11) is 0. The molecule has 0 radical (unpaired) electrons. The molecule has 0 aliphatic carbocycles. The predicted molar refractivity (Wildman–Crippen MR) is 49.7 cm³/mol. The molecule has 6 heteroatoms. The van der Waals surface area contributed by atoms with E-state index in [1.54, 1.807) is 0 Å². The number of halogens is 4. The second kappa shape index (κ2) is 4.95. The first-order chi connectivity index (χ1) is 6.82. The van der Waals surface area contributed by atoms with Crippen molar-refractivity contribution in [1.82, 2.24) is 4.98 Å². The van der Waals surface area contributed by atoms with Gasteiger partial charge in [-0.3, -0.25) is 0 Å². The van der Waals surface area contributed by atoms with E-state index in [0.717, 1.165) is 6.92 Å². The standard InChI is InChI=1S/C7H6F4N2.C2H6/c1-3-6(8)4(7(9,10)11)2-5(12)13-3;1-2/h2H,1H3,(H2,12,13);1-2H3. The Labute approximate surface area is 85.1 Å². The largest absolute Gasteiger partial charge is 0.419 e. The second-order valence-electron chi connectivity index (χ2n) is 2.49. The number of hydrogen-bond acceptors (Lipinski definition) is 2. The van der Waals surface area contributed by atoms with Crippen LogP contribution in [0.3, 0.4) is 0 Å². The number of nitrogen functional groups attached to an aromatic ring is 1. The fourth-order valence-corrected chi connectivity index (χ4v) is 0.887. The molecule has 1 rings (SSSR count). The van der Waals surface area contributed by atoms with E-state index in [1.165, 1.54) is 0 Å². The average molecular weight is 224 g/mol. The van der Waals surface area contributed by atoms with E-state index in [-0.39, 0.29) is 11.5 Å². The van der Waals surface area contributed by atoms with Gasteiger partial charge in [0.1, 0.15) is 5.82 Å². The van der Waals surface area contributed by atoms with Gasteiger partial charge in [-0.15, -0.1) is 0 Å². The zero-order chi connectivity index (χ0) is 12.2. The Morgan fingerprint density at radius 3 is 2.13 bits per heavy atom. The van der Waals surface area contributed by atoms with Crippen LogP contribution in [0.4, 0.5) is 23.4 Å². The highest BCUT2D eigenvalue weighted by molar-refractivity contribution is 5.37. The summed E-state index contributed by atoms with van der Waals surface area (Å²) >= 11 is 0. The molecule has 15 heavy (non-hydrogen) atoms. The maximum atomic E-state index is 12.8. The van der Waals surface area contributed by atoms with Gasteiger partial charge < -0.3 is 5.73 Å². The summed E-state index contributed by atoms with van der Waals surface area (Å²) in [5, 5.41) is 0. The van der Waals surface area contributed by atoms with Gasteiger partial charge in [0.25, 0.3) is 0 Å². The molecule has 0 unspecified atom stereocenters. The van der Waals surface area contributed by atoms with Crippen molar-refractivity contribution in [2.24, 2.45) is 0 Å². The quantitative estimate of drug-likeness (QED) is 0.687. The lowest BCUT2D eigenvalue weighted by molar-refractivity contribution is -0.140. The minimum atomic E-state index is -4.73. The first kappa shape index (κ1) is 13.7. The van der Waals surface area contributed by atoms with Gasteiger partial charge in [0.15, 0.2) is 5.82 Å². The highest BCUT2D eigenvalue weighted by atomic mass is 19.4. The number of nitrogens with two attached hydrogens (primary N) is 1. The normalized spacial score (nSPS) is 10.6. The van der Waals surface area contributed by atoms with Gasteiger partial charge in [0, 0.05) is 0 Å². The summed E-state index contributed by atoms with van der Waals surface area (Å²) in [5.74, 6) is -1.71. The van der Waals surface area contributed by atoms with E-state index < -0.39 is 17.6 Å². The Balaban J connectivity index is 0.000000921. The van der Waals surface area contributed by atoms with Gasteiger partial charge in [-0.1, -0.05) is 13.8 Å². The van der Waals surface area contributed by atoms with Crippen molar-refractivity contribution in [2.75, 3.05) is 5.73 Å². The topological polar surface area (TPSA) is 38.9 Å². The van der Waals surface area contributed by atoms with Crippen LogP contribution < -0.4 is 5.73 Å². The number of hydrogen-bond donors (Lipinski definition) is 1. The van der Waals surface area contributed by atoms with Gasteiger partial charge in [0.05, 0.1) is 11.3 Å². The minimum absolute atomic E-state index is 0.341. The molecule has 1 aromatic rings. The van der Waals surface area contributed by atoms with Crippen molar-refractivity contribution in [2.45, 2.75) is 26.9 Å². The summed E-state index contributed by atoms with van der Waals surface area (Å²) in [6, 6.07) is 0.475. The summed E-state index contributed by atoms with van der Waals surface area (Å²) < 4.78 is 49.1. The molecule has 86 valence electrons. The molecule has 0 amide bonds. The molecule has 0 bridgehead atoms. The maximum absolute atomic E-state index is 12.8. The Hall–Kier alpha value is -1.33. The molecule has 0 spiro atoms. The van der Waals surface area contributed by atoms with Crippen molar-refractivity contribution >= 4 is 5.82 Å². The fourth-order valence-electron chi connectivity index (χ4n) is 0.887. The van der Waals surface area contributed by atoms with Crippen molar-refractivity contribution in [1.29, 1.82) is 0 Å². The van der Waals surface area contributed by atoms with Crippen LogP contribution in [-0.2, 0) is 6.18 Å². The van der Waals surface area contributed by atoms with Gasteiger partial charge in [-0.05, 0) is 13.0 Å². The van der Waals surface area contributed by atoms with Crippen LogP contribution in [0, 0.1) is 12.7 Å². The lowest BCUT2D eigenvalue weighted by Crippen LogP contribution is -2.11. The van der Waals surface area contributed by atoms with Gasteiger partial charge in [-0.25, -0.2) is 9.37 Å². The van der Waals surface area contributed by atoms with Crippen LogP contribution in [0.1, 0.15) is 25.1 Å². The smallest absolute Gasteiger partial charge is 0.384 e. The lowest BCUT2D eigenvalue weighted by atomic mass is 10.2. The van der Waals surface area contributed by atoms with Crippen molar-refractivity contribution < 1.29 is 17.6 Å². The average Bonchev–Trinajstić information content (AvgIpc) is 2.13. The maximum Gasteiger partial charge on any atom is 0.419 e. The zero-order valence-electron chi connectivity index (χ0n) is 8.61. The third-order valence-electron chi connectivity index (χ3n) is 1.45.